The average molecular weight is 761 g/mol. The maximum Gasteiger partial charge on any atom is 0.164 e. The fourth-order valence-electron chi connectivity index (χ4n) is 9.34. The topological polar surface area (TPSA) is 43.6 Å². The third-order valence-electron chi connectivity index (χ3n) is 12.9. The van der Waals surface area contributed by atoms with Crippen molar-refractivity contribution < 1.29 is 0 Å². The number of rotatable bonds is 5. The Morgan fingerprint density at radius 3 is 1.49 bits per heavy atom. The van der Waals surface area contributed by atoms with E-state index in [1.54, 1.807) is 0 Å². The first-order valence-electron chi connectivity index (χ1n) is 20.7. The van der Waals surface area contributed by atoms with E-state index in [9.17, 15) is 0 Å². The van der Waals surface area contributed by atoms with Crippen LogP contribution in [0.4, 0.5) is 0 Å². The molecule has 0 aliphatic heterocycles. The molecule has 0 atom stereocenters. The van der Waals surface area contributed by atoms with E-state index in [1.165, 1.54) is 62.1 Å². The van der Waals surface area contributed by atoms with Crippen molar-refractivity contribution in [1.29, 1.82) is 0 Å². The molecule has 0 N–H and O–H groups in total. The molecular weight excluding hydrogens is 717 g/mol. The monoisotopic (exact) mass is 760 g/mol. The minimum atomic E-state index is 0.103. The zero-order valence-corrected chi connectivity index (χ0v) is 33.9. The quantitative estimate of drug-likeness (QED) is 0.175. The molecule has 0 unspecified atom stereocenters. The molecule has 0 fully saturated rings. The highest BCUT2D eigenvalue weighted by atomic mass is 15.0. The van der Waals surface area contributed by atoms with Crippen LogP contribution < -0.4 is 0 Å². The summed E-state index contributed by atoms with van der Waals surface area (Å²) >= 11 is 0. The Hall–Kier alpha value is -6.91. The summed E-state index contributed by atoms with van der Waals surface area (Å²) < 4.78 is 2.50. The van der Waals surface area contributed by atoms with Gasteiger partial charge in [-0.2, -0.15) is 0 Å². The summed E-state index contributed by atoms with van der Waals surface area (Å²) in [6, 6.07) is 61.1. The van der Waals surface area contributed by atoms with E-state index < -0.39 is 0 Å². The molecule has 10 aromatic rings. The highest BCUT2D eigenvalue weighted by Gasteiger charge is 2.38. The fraction of sp³-hybridized carbons (Fsp3) is 0.145. The van der Waals surface area contributed by atoms with Crippen LogP contribution in [0.15, 0.2) is 170 Å². The smallest absolute Gasteiger partial charge is 0.164 e. The molecule has 4 heteroatoms. The summed E-state index contributed by atoms with van der Waals surface area (Å²) in [4.78, 5) is 15.1. The lowest BCUT2D eigenvalue weighted by Gasteiger charge is -2.42. The fourth-order valence-corrected chi connectivity index (χ4v) is 9.34. The van der Waals surface area contributed by atoms with Gasteiger partial charge in [-0.15, -0.1) is 0 Å². The van der Waals surface area contributed by atoms with Crippen molar-refractivity contribution in [2.24, 2.45) is 0 Å². The highest BCUT2D eigenvalue weighted by molar-refractivity contribution is 6.14. The Kier molecular flexibility index (Phi) is 7.96. The molecule has 0 bridgehead atoms. The molecule has 1 aliphatic carbocycles. The van der Waals surface area contributed by atoms with Gasteiger partial charge in [0, 0.05) is 33.2 Å². The van der Waals surface area contributed by atoms with Gasteiger partial charge in [0.2, 0.25) is 0 Å². The SMILES string of the molecule is CC1(C)CCC(C)(C)c2cc3c(cc21)c1cc2ccccc2cc1n3-c1ccc2cc(-c3nc(-c4ccccc4)nc(-c4ccc(-c5ccccc5)cc4)n3)ccc2c1. The number of benzene rings is 8. The van der Waals surface area contributed by atoms with Gasteiger partial charge >= 0.3 is 0 Å². The van der Waals surface area contributed by atoms with Crippen LogP contribution in [0.5, 0.6) is 0 Å². The van der Waals surface area contributed by atoms with Crippen LogP contribution in [0.1, 0.15) is 51.7 Å². The van der Waals surface area contributed by atoms with Crippen molar-refractivity contribution in [2.45, 2.75) is 51.4 Å². The highest BCUT2D eigenvalue weighted by Crippen LogP contribution is 2.49. The standard InChI is InChI=1S/C55H44N4/c1-54(2)27-28-55(3,4)48-34-50-46(33-47(48)54)45-31-39-17-11-12-18-40(39)32-49(45)59(50)44-26-25-41-29-43(24-23-42(41)30-44)53-57-51(37-15-9-6-10-16-37)56-52(58-53)38-21-19-36(20-22-38)35-13-7-5-8-14-35/h5-26,29-34H,27-28H2,1-4H3. The van der Waals surface area contributed by atoms with Crippen molar-refractivity contribution in [3.8, 4) is 51.0 Å². The lowest BCUT2D eigenvalue weighted by Crippen LogP contribution is -2.33. The zero-order valence-electron chi connectivity index (χ0n) is 33.9. The molecule has 4 nitrogen and oxygen atoms in total. The van der Waals surface area contributed by atoms with Gasteiger partial charge in [-0.1, -0.05) is 155 Å². The van der Waals surface area contributed by atoms with E-state index in [1.807, 2.05) is 24.3 Å². The van der Waals surface area contributed by atoms with Crippen molar-refractivity contribution in [3.63, 3.8) is 0 Å². The summed E-state index contributed by atoms with van der Waals surface area (Å²) in [6.45, 7) is 9.68. The Morgan fingerprint density at radius 2 is 0.814 bits per heavy atom. The summed E-state index contributed by atoms with van der Waals surface area (Å²) in [5.41, 5.74) is 12.0. The van der Waals surface area contributed by atoms with E-state index in [0.717, 1.165) is 38.7 Å². The first-order valence-corrected chi connectivity index (χ1v) is 20.7. The summed E-state index contributed by atoms with van der Waals surface area (Å²) in [6.07, 6.45) is 2.37. The van der Waals surface area contributed by atoms with Gasteiger partial charge in [-0.3, -0.25) is 0 Å². The Bertz CT molecular complexity index is 3250. The molecule has 0 amide bonds. The first-order chi connectivity index (χ1) is 28.7. The second-order valence-corrected chi connectivity index (χ2v) is 17.6. The lowest BCUT2D eigenvalue weighted by molar-refractivity contribution is 0.332. The summed E-state index contributed by atoms with van der Waals surface area (Å²) in [5, 5.41) is 7.43. The maximum atomic E-state index is 5.09. The van der Waals surface area contributed by atoms with E-state index in [-0.39, 0.29) is 10.8 Å². The van der Waals surface area contributed by atoms with Crippen LogP contribution in [-0.2, 0) is 10.8 Å². The minimum Gasteiger partial charge on any atom is -0.309 e. The Balaban J connectivity index is 1.05. The minimum absolute atomic E-state index is 0.103. The van der Waals surface area contributed by atoms with Crippen LogP contribution >= 0.6 is 0 Å². The molecule has 0 saturated heterocycles. The van der Waals surface area contributed by atoms with Crippen LogP contribution in [0.3, 0.4) is 0 Å². The van der Waals surface area contributed by atoms with E-state index >= 15 is 0 Å². The molecule has 1 aliphatic rings. The molecule has 59 heavy (non-hydrogen) atoms. The number of hydrogen-bond donors (Lipinski definition) is 0. The number of hydrogen-bond acceptors (Lipinski definition) is 3. The predicted molar refractivity (Wildman–Crippen MR) is 246 cm³/mol. The van der Waals surface area contributed by atoms with Crippen molar-refractivity contribution in [3.05, 3.63) is 181 Å². The maximum absolute atomic E-state index is 5.09. The van der Waals surface area contributed by atoms with Crippen molar-refractivity contribution in [1.82, 2.24) is 19.5 Å². The van der Waals surface area contributed by atoms with Gasteiger partial charge in [0.05, 0.1) is 11.0 Å². The molecule has 284 valence electrons. The largest absolute Gasteiger partial charge is 0.309 e. The third-order valence-corrected chi connectivity index (χ3v) is 12.9. The van der Waals surface area contributed by atoms with E-state index in [0.29, 0.717) is 17.5 Å². The number of nitrogens with zero attached hydrogens (tertiary/aromatic N) is 4. The molecule has 0 radical (unpaired) electrons. The number of aromatic nitrogens is 4. The van der Waals surface area contributed by atoms with Gasteiger partial charge in [0.1, 0.15) is 0 Å². The normalized spacial score (nSPS) is 14.6. The van der Waals surface area contributed by atoms with Crippen LogP contribution in [0.2, 0.25) is 0 Å². The summed E-state index contributed by atoms with van der Waals surface area (Å²) in [7, 11) is 0. The van der Waals surface area contributed by atoms with E-state index in [4.69, 9.17) is 15.0 Å². The molecule has 2 aromatic heterocycles. The van der Waals surface area contributed by atoms with Gasteiger partial charge in [-0.25, -0.2) is 15.0 Å². The van der Waals surface area contributed by atoms with E-state index in [2.05, 4.69) is 178 Å². The Morgan fingerprint density at radius 1 is 0.373 bits per heavy atom. The molecule has 2 heterocycles. The summed E-state index contributed by atoms with van der Waals surface area (Å²) in [5.74, 6) is 1.95. The van der Waals surface area contributed by atoms with Gasteiger partial charge in [0.15, 0.2) is 17.5 Å². The third kappa shape index (κ3) is 6.01. The number of fused-ring (bicyclic) bond motifs is 6. The molecular formula is C55H44N4. The Labute approximate surface area is 344 Å². The van der Waals surface area contributed by atoms with Crippen LogP contribution in [-0.4, -0.2) is 19.5 Å². The second kappa shape index (κ2) is 13.3. The molecule has 11 rings (SSSR count). The molecule has 0 spiro atoms. The van der Waals surface area contributed by atoms with Crippen LogP contribution in [0, 0.1) is 0 Å². The zero-order chi connectivity index (χ0) is 39.9. The van der Waals surface area contributed by atoms with Gasteiger partial charge < -0.3 is 4.57 Å². The van der Waals surface area contributed by atoms with Crippen LogP contribution in [0.25, 0.3) is 94.3 Å². The van der Waals surface area contributed by atoms with Crippen molar-refractivity contribution >= 4 is 43.4 Å². The molecule has 8 aromatic carbocycles. The predicted octanol–water partition coefficient (Wildman–Crippen LogP) is 14.3. The molecule has 0 saturated carbocycles. The average Bonchev–Trinajstić information content (AvgIpc) is 3.59. The van der Waals surface area contributed by atoms with Gasteiger partial charge in [0.25, 0.3) is 0 Å². The lowest BCUT2D eigenvalue weighted by atomic mass is 9.63. The first kappa shape index (κ1) is 35.3. The second-order valence-electron chi connectivity index (χ2n) is 17.6. The van der Waals surface area contributed by atoms with Gasteiger partial charge in [-0.05, 0) is 110 Å². The van der Waals surface area contributed by atoms with Crippen molar-refractivity contribution in [2.75, 3.05) is 0 Å².